The van der Waals surface area contributed by atoms with Gasteiger partial charge in [-0.25, -0.2) is 4.79 Å². The first kappa shape index (κ1) is 7.50. The van der Waals surface area contributed by atoms with Crippen molar-refractivity contribution in [2.75, 3.05) is 13.1 Å². The van der Waals surface area contributed by atoms with E-state index < -0.39 is 5.97 Å². The van der Waals surface area contributed by atoms with Crippen molar-refractivity contribution in [1.82, 2.24) is 5.32 Å². The first-order valence-corrected chi connectivity index (χ1v) is 3.40. The first-order chi connectivity index (χ1) is 4.84. The zero-order valence-electron chi connectivity index (χ0n) is 5.67. The van der Waals surface area contributed by atoms with Crippen LogP contribution in [0.15, 0.2) is 0 Å². The van der Waals surface area contributed by atoms with Gasteiger partial charge in [-0.15, -0.1) is 0 Å². The van der Waals surface area contributed by atoms with Crippen molar-refractivity contribution in [3.8, 4) is 0 Å². The van der Waals surface area contributed by atoms with Gasteiger partial charge >= 0.3 is 5.97 Å². The van der Waals surface area contributed by atoms with Gasteiger partial charge < -0.3 is 10.2 Å². The number of hydrogen-bond donors (Lipinski definition) is 2. The van der Waals surface area contributed by atoms with E-state index in [4.69, 9.17) is 5.26 Å². The maximum atomic E-state index is 10.7. The van der Waals surface area contributed by atoms with E-state index in [0.29, 0.717) is 0 Å². The third-order valence-corrected chi connectivity index (χ3v) is 1.76. The van der Waals surface area contributed by atoms with E-state index in [0.717, 1.165) is 25.9 Å². The highest BCUT2D eigenvalue weighted by molar-refractivity contribution is 5.71. The van der Waals surface area contributed by atoms with Crippen molar-refractivity contribution in [3.05, 3.63) is 0 Å². The molecule has 2 N–H and O–H groups in total. The molecule has 0 aromatic heterocycles. The summed E-state index contributed by atoms with van der Waals surface area (Å²) < 4.78 is 0. The first-order valence-electron chi connectivity index (χ1n) is 3.40. The summed E-state index contributed by atoms with van der Waals surface area (Å²) in [5.41, 5.74) is 0. The van der Waals surface area contributed by atoms with Crippen molar-refractivity contribution in [3.63, 3.8) is 0 Å². The Labute approximate surface area is 59.1 Å². The van der Waals surface area contributed by atoms with E-state index in [1.54, 1.807) is 0 Å². The summed E-state index contributed by atoms with van der Waals surface area (Å²) in [6, 6.07) is 0. The summed E-state index contributed by atoms with van der Waals surface area (Å²) in [5.74, 6) is -0.604. The van der Waals surface area contributed by atoms with Crippen molar-refractivity contribution in [2.45, 2.75) is 12.8 Å². The fourth-order valence-electron chi connectivity index (χ4n) is 1.13. The van der Waals surface area contributed by atoms with Crippen LogP contribution in [-0.4, -0.2) is 24.3 Å². The number of rotatable bonds is 1. The topological polar surface area (TPSA) is 58.6 Å². The summed E-state index contributed by atoms with van der Waals surface area (Å²) in [7, 11) is 0. The largest absolute Gasteiger partial charge is 0.345 e. The van der Waals surface area contributed by atoms with Gasteiger partial charge in [-0.05, 0) is 25.9 Å². The lowest BCUT2D eigenvalue weighted by molar-refractivity contribution is -0.239. The highest BCUT2D eigenvalue weighted by atomic mass is 17.1. The highest BCUT2D eigenvalue weighted by Gasteiger charge is 2.22. The zero-order valence-corrected chi connectivity index (χ0v) is 5.67. The molecular weight excluding hydrogens is 134 g/mol. The van der Waals surface area contributed by atoms with Gasteiger partial charge in [0.1, 0.15) is 0 Å². The van der Waals surface area contributed by atoms with Gasteiger partial charge in [-0.1, -0.05) is 0 Å². The van der Waals surface area contributed by atoms with Gasteiger partial charge in [0.15, 0.2) is 0 Å². The smallest absolute Gasteiger partial charge is 0.317 e. The molecule has 10 heavy (non-hydrogen) atoms. The molecule has 0 aliphatic carbocycles. The van der Waals surface area contributed by atoms with Crippen LogP contribution in [0.25, 0.3) is 0 Å². The summed E-state index contributed by atoms with van der Waals surface area (Å²) in [6.45, 7) is 1.67. The fourth-order valence-corrected chi connectivity index (χ4v) is 1.13. The SMILES string of the molecule is O=C(OO)C1CCNCC1. The molecule has 4 heteroatoms. The standard InChI is InChI=1S/C6H11NO3/c8-6(10-9)5-1-3-7-4-2-5/h5,7,9H,1-4H2. The van der Waals surface area contributed by atoms with Gasteiger partial charge in [-0.3, -0.25) is 0 Å². The van der Waals surface area contributed by atoms with E-state index in [1.165, 1.54) is 0 Å². The second-order valence-corrected chi connectivity index (χ2v) is 2.43. The molecule has 1 saturated heterocycles. The third kappa shape index (κ3) is 1.68. The van der Waals surface area contributed by atoms with Crippen LogP contribution in [0.3, 0.4) is 0 Å². The average Bonchev–Trinajstić information content (AvgIpc) is 2.05. The molecule has 1 fully saturated rings. The molecule has 0 spiro atoms. The molecule has 1 aliphatic rings. The Morgan fingerprint density at radius 2 is 2.10 bits per heavy atom. The minimum atomic E-state index is -0.499. The molecule has 1 aliphatic heterocycles. The van der Waals surface area contributed by atoms with E-state index in [-0.39, 0.29) is 5.92 Å². The zero-order chi connectivity index (χ0) is 7.40. The summed E-state index contributed by atoms with van der Waals surface area (Å²) >= 11 is 0. The summed E-state index contributed by atoms with van der Waals surface area (Å²) in [5, 5.41) is 11.1. The Morgan fingerprint density at radius 3 is 2.60 bits per heavy atom. The Bertz CT molecular complexity index is 120. The molecule has 58 valence electrons. The van der Waals surface area contributed by atoms with Crippen LogP contribution in [0.2, 0.25) is 0 Å². The van der Waals surface area contributed by atoms with Gasteiger partial charge in [0.2, 0.25) is 0 Å². The van der Waals surface area contributed by atoms with Gasteiger partial charge in [0.25, 0.3) is 0 Å². The number of hydrogen-bond acceptors (Lipinski definition) is 4. The maximum absolute atomic E-state index is 10.7. The molecule has 0 atom stereocenters. The van der Waals surface area contributed by atoms with Crippen LogP contribution < -0.4 is 5.32 Å². The summed E-state index contributed by atoms with van der Waals surface area (Å²) in [6.07, 6.45) is 1.53. The van der Waals surface area contributed by atoms with Crippen LogP contribution >= 0.6 is 0 Å². The van der Waals surface area contributed by atoms with Crippen LogP contribution in [0.4, 0.5) is 0 Å². The normalized spacial score (nSPS) is 20.5. The second kappa shape index (κ2) is 3.53. The second-order valence-electron chi connectivity index (χ2n) is 2.43. The van der Waals surface area contributed by atoms with Crippen molar-refractivity contribution in [1.29, 1.82) is 0 Å². The van der Waals surface area contributed by atoms with E-state index in [9.17, 15) is 4.79 Å². The monoisotopic (exact) mass is 145 g/mol. The molecule has 0 amide bonds. The predicted octanol–water partition coefficient (Wildman–Crippen LogP) is 0.00220. The molecule has 0 aromatic rings. The van der Waals surface area contributed by atoms with Crippen LogP contribution in [0, 0.1) is 5.92 Å². The lowest BCUT2D eigenvalue weighted by atomic mass is 9.99. The van der Waals surface area contributed by atoms with Crippen molar-refractivity contribution < 1.29 is 14.9 Å². The molecule has 0 saturated carbocycles. The average molecular weight is 145 g/mol. The van der Waals surface area contributed by atoms with Crippen molar-refractivity contribution in [2.24, 2.45) is 5.92 Å². The lowest BCUT2D eigenvalue weighted by Gasteiger charge is -2.18. The molecule has 0 bridgehead atoms. The number of carbonyl (C=O) groups is 1. The molecule has 4 nitrogen and oxygen atoms in total. The quantitative estimate of drug-likeness (QED) is 0.403. The number of carbonyl (C=O) groups excluding carboxylic acids is 1. The lowest BCUT2D eigenvalue weighted by Crippen LogP contribution is -2.32. The Balaban J connectivity index is 2.31. The van der Waals surface area contributed by atoms with Crippen LogP contribution in [0.1, 0.15) is 12.8 Å². The molecule has 0 aromatic carbocycles. The van der Waals surface area contributed by atoms with E-state index in [1.807, 2.05) is 0 Å². The van der Waals surface area contributed by atoms with Gasteiger partial charge in [0, 0.05) is 0 Å². The molecule has 1 rings (SSSR count). The fraction of sp³-hybridized carbons (Fsp3) is 0.833. The third-order valence-electron chi connectivity index (χ3n) is 1.76. The van der Waals surface area contributed by atoms with E-state index >= 15 is 0 Å². The Kier molecular flexibility index (Phi) is 2.65. The Hall–Kier alpha value is -0.610. The van der Waals surface area contributed by atoms with Gasteiger partial charge in [0.05, 0.1) is 5.92 Å². The molecule has 1 heterocycles. The van der Waals surface area contributed by atoms with E-state index in [2.05, 4.69) is 10.2 Å². The van der Waals surface area contributed by atoms with Crippen LogP contribution in [-0.2, 0) is 9.68 Å². The minimum absolute atomic E-state index is 0.105. The minimum Gasteiger partial charge on any atom is -0.317 e. The highest BCUT2D eigenvalue weighted by Crippen LogP contribution is 2.12. The Morgan fingerprint density at radius 1 is 1.50 bits per heavy atom. The molecule has 0 radical (unpaired) electrons. The molecular formula is C6H11NO3. The number of nitrogens with one attached hydrogen (secondary N) is 1. The number of piperidine rings is 1. The molecule has 0 unspecified atom stereocenters. The van der Waals surface area contributed by atoms with Crippen molar-refractivity contribution >= 4 is 5.97 Å². The summed E-state index contributed by atoms with van der Waals surface area (Å²) in [4.78, 5) is 14.3. The van der Waals surface area contributed by atoms with Crippen LogP contribution in [0.5, 0.6) is 0 Å². The maximum Gasteiger partial charge on any atom is 0.345 e. The predicted molar refractivity (Wildman–Crippen MR) is 34.3 cm³/mol. The van der Waals surface area contributed by atoms with Gasteiger partial charge in [-0.2, -0.15) is 5.26 Å².